The Morgan fingerprint density at radius 1 is 1.32 bits per heavy atom. The van der Waals surface area contributed by atoms with Crippen LogP contribution in [0.1, 0.15) is 51.5 Å². The van der Waals surface area contributed by atoms with Gasteiger partial charge in [0, 0.05) is 0 Å². The van der Waals surface area contributed by atoms with Crippen molar-refractivity contribution < 1.29 is 4.74 Å². The third-order valence-electron chi connectivity index (χ3n) is 4.11. The molecule has 1 aromatic carbocycles. The standard InChI is InChI=1S/C17H27NO/c1-4-18-11-10-17(2,3)13-14-9-12-19-16-8-6-5-7-15(14)16/h5-8,14,18H,4,9-13H2,1-3H3. The van der Waals surface area contributed by atoms with Gasteiger partial charge in [0.15, 0.2) is 0 Å². The van der Waals surface area contributed by atoms with Crippen LogP contribution in [0.25, 0.3) is 0 Å². The van der Waals surface area contributed by atoms with Gasteiger partial charge in [-0.05, 0) is 55.3 Å². The first-order chi connectivity index (χ1) is 9.12. The molecule has 1 N–H and O–H groups in total. The lowest BCUT2D eigenvalue weighted by molar-refractivity contribution is 0.217. The van der Waals surface area contributed by atoms with Crippen LogP contribution in [0, 0.1) is 5.41 Å². The maximum absolute atomic E-state index is 5.75. The highest BCUT2D eigenvalue weighted by atomic mass is 16.5. The average molecular weight is 261 g/mol. The molecule has 1 aliphatic heterocycles. The average Bonchev–Trinajstić information content (AvgIpc) is 2.39. The van der Waals surface area contributed by atoms with Crippen molar-refractivity contribution >= 4 is 0 Å². The van der Waals surface area contributed by atoms with Gasteiger partial charge in [-0.25, -0.2) is 0 Å². The predicted octanol–water partition coefficient (Wildman–Crippen LogP) is 3.97. The maximum Gasteiger partial charge on any atom is 0.122 e. The lowest BCUT2D eigenvalue weighted by Gasteiger charge is -2.33. The van der Waals surface area contributed by atoms with Crippen molar-refractivity contribution in [3.05, 3.63) is 29.8 Å². The Morgan fingerprint density at radius 3 is 2.89 bits per heavy atom. The minimum atomic E-state index is 0.386. The molecule has 106 valence electrons. The van der Waals surface area contributed by atoms with E-state index in [9.17, 15) is 0 Å². The van der Waals surface area contributed by atoms with Gasteiger partial charge >= 0.3 is 0 Å². The van der Waals surface area contributed by atoms with Crippen LogP contribution in [0.5, 0.6) is 5.75 Å². The highest BCUT2D eigenvalue weighted by Crippen LogP contribution is 2.41. The number of fused-ring (bicyclic) bond motifs is 1. The summed E-state index contributed by atoms with van der Waals surface area (Å²) in [5, 5.41) is 3.44. The lowest BCUT2D eigenvalue weighted by atomic mass is 9.76. The van der Waals surface area contributed by atoms with Gasteiger partial charge in [-0.15, -0.1) is 0 Å². The maximum atomic E-state index is 5.75. The van der Waals surface area contributed by atoms with Gasteiger partial charge in [-0.3, -0.25) is 0 Å². The molecule has 1 aromatic rings. The fourth-order valence-electron chi connectivity index (χ4n) is 3.00. The van der Waals surface area contributed by atoms with Gasteiger partial charge in [0.25, 0.3) is 0 Å². The Balaban J connectivity index is 1.99. The molecule has 0 spiro atoms. The molecule has 0 amide bonds. The van der Waals surface area contributed by atoms with Crippen molar-refractivity contribution in [2.24, 2.45) is 5.41 Å². The van der Waals surface area contributed by atoms with Crippen LogP contribution in [-0.4, -0.2) is 19.7 Å². The number of ether oxygens (including phenoxy) is 1. The zero-order valence-corrected chi connectivity index (χ0v) is 12.5. The van der Waals surface area contributed by atoms with Crippen molar-refractivity contribution in [3.63, 3.8) is 0 Å². The van der Waals surface area contributed by atoms with Crippen molar-refractivity contribution in [2.45, 2.75) is 46.0 Å². The van der Waals surface area contributed by atoms with Gasteiger partial charge in [0.2, 0.25) is 0 Å². The smallest absolute Gasteiger partial charge is 0.122 e. The van der Waals surface area contributed by atoms with Crippen LogP contribution in [-0.2, 0) is 0 Å². The molecule has 0 saturated heterocycles. The summed E-state index contributed by atoms with van der Waals surface area (Å²) in [5.74, 6) is 1.75. The van der Waals surface area contributed by atoms with E-state index in [0.29, 0.717) is 11.3 Å². The van der Waals surface area contributed by atoms with Gasteiger partial charge in [-0.1, -0.05) is 39.0 Å². The third kappa shape index (κ3) is 3.97. The zero-order chi connectivity index (χ0) is 13.7. The topological polar surface area (TPSA) is 21.3 Å². The van der Waals surface area contributed by atoms with Gasteiger partial charge in [0.05, 0.1) is 6.61 Å². The summed E-state index contributed by atoms with van der Waals surface area (Å²) in [5.41, 5.74) is 1.79. The van der Waals surface area contributed by atoms with Crippen LogP contribution in [0.3, 0.4) is 0 Å². The third-order valence-corrected chi connectivity index (χ3v) is 4.11. The second-order valence-electron chi connectivity index (χ2n) is 6.34. The SMILES string of the molecule is CCNCCC(C)(C)CC1CCOc2ccccc21. The summed E-state index contributed by atoms with van der Waals surface area (Å²) >= 11 is 0. The molecular formula is C17H27NO. The van der Waals surface area contributed by atoms with Crippen molar-refractivity contribution in [1.82, 2.24) is 5.32 Å². The summed E-state index contributed by atoms with van der Waals surface area (Å²) in [4.78, 5) is 0. The Morgan fingerprint density at radius 2 is 2.11 bits per heavy atom. The minimum absolute atomic E-state index is 0.386. The zero-order valence-electron chi connectivity index (χ0n) is 12.5. The first-order valence-electron chi connectivity index (χ1n) is 7.55. The second-order valence-corrected chi connectivity index (χ2v) is 6.34. The Bertz CT molecular complexity index is 400. The molecule has 1 heterocycles. The van der Waals surface area contributed by atoms with Gasteiger partial charge < -0.3 is 10.1 Å². The number of hydrogen-bond donors (Lipinski definition) is 1. The van der Waals surface area contributed by atoms with E-state index in [4.69, 9.17) is 4.74 Å². The molecule has 1 aliphatic rings. The van der Waals surface area contributed by atoms with Crippen molar-refractivity contribution in [3.8, 4) is 5.75 Å². The highest BCUT2D eigenvalue weighted by molar-refractivity contribution is 5.37. The molecule has 2 rings (SSSR count). The Labute approximate surface area is 117 Å². The van der Waals surface area contributed by atoms with Crippen molar-refractivity contribution in [2.75, 3.05) is 19.7 Å². The molecular weight excluding hydrogens is 234 g/mol. The fourth-order valence-corrected chi connectivity index (χ4v) is 3.00. The van der Waals surface area contributed by atoms with E-state index in [-0.39, 0.29) is 0 Å². The predicted molar refractivity (Wildman–Crippen MR) is 80.9 cm³/mol. The monoisotopic (exact) mass is 261 g/mol. The summed E-state index contributed by atoms with van der Waals surface area (Å²) in [6.45, 7) is 10.0. The minimum Gasteiger partial charge on any atom is -0.493 e. The fraction of sp³-hybridized carbons (Fsp3) is 0.647. The summed E-state index contributed by atoms with van der Waals surface area (Å²) in [6, 6.07) is 8.54. The van der Waals surface area contributed by atoms with Crippen LogP contribution in [0.15, 0.2) is 24.3 Å². The molecule has 0 fully saturated rings. The van der Waals surface area contributed by atoms with Crippen LogP contribution >= 0.6 is 0 Å². The van der Waals surface area contributed by atoms with E-state index < -0.39 is 0 Å². The molecule has 1 atom stereocenters. The first-order valence-corrected chi connectivity index (χ1v) is 7.55. The molecule has 0 radical (unpaired) electrons. The van der Waals surface area contributed by atoms with E-state index in [1.54, 1.807) is 0 Å². The second kappa shape index (κ2) is 6.42. The first kappa shape index (κ1) is 14.4. The largest absolute Gasteiger partial charge is 0.493 e. The summed E-state index contributed by atoms with van der Waals surface area (Å²) < 4.78 is 5.75. The number of benzene rings is 1. The van der Waals surface area contributed by atoms with Gasteiger partial charge in [0.1, 0.15) is 5.75 Å². The summed E-state index contributed by atoms with van der Waals surface area (Å²) in [6.07, 6.45) is 3.64. The Kier molecular flexibility index (Phi) is 4.87. The number of para-hydroxylation sites is 1. The van der Waals surface area contributed by atoms with Crippen LogP contribution < -0.4 is 10.1 Å². The molecule has 1 unspecified atom stereocenters. The van der Waals surface area contributed by atoms with E-state index in [1.807, 2.05) is 0 Å². The number of nitrogens with one attached hydrogen (secondary N) is 1. The number of hydrogen-bond acceptors (Lipinski definition) is 2. The highest BCUT2D eigenvalue weighted by Gasteiger charge is 2.28. The molecule has 0 aromatic heterocycles. The lowest BCUT2D eigenvalue weighted by Crippen LogP contribution is -2.25. The van der Waals surface area contributed by atoms with Crippen LogP contribution in [0.4, 0.5) is 0 Å². The van der Waals surface area contributed by atoms with E-state index in [1.165, 1.54) is 18.4 Å². The quantitative estimate of drug-likeness (QED) is 0.782. The van der Waals surface area contributed by atoms with Crippen LogP contribution in [0.2, 0.25) is 0 Å². The molecule has 0 saturated carbocycles. The van der Waals surface area contributed by atoms with E-state index >= 15 is 0 Å². The molecule has 2 heteroatoms. The van der Waals surface area contributed by atoms with Gasteiger partial charge in [-0.2, -0.15) is 0 Å². The summed E-state index contributed by atoms with van der Waals surface area (Å²) in [7, 11) is 0. The van der Waals surface area contributed by atoms with Crippen molar-refractivity contribution in [1.29, 1.82) is 0 Å². The normalized spacial score (nSPS) is 18.8. The molecule has 2 nitrogen and oxygen atoms in total. The molecule has 19 heavy (non-hydrogen) atoms. The number of rotatable bonds is 6. The molecule has 0 bridgehead atoms. The van der Waals surface area contributed by atoms with E-state index in [2.05, 4.69) is 50.4 Å². The Hall–Kier alpha value is -1.02. The molecule has 0 aliphatic carbocycles. The van der Waals surface area contributed by atoms with E-state index in [0.717, 1.165) is 31.9 Å².